The molecule has 7 nitrogen and oxygen atoms in total. The van der Waals surface area contributed by atoms with Crippen molar-refractivity contribution in [1.29, 1.82) is 0 Å². The molecule has 0 saturated heterocycles. The van der Waals surface area contributed by atoms with Gasteiger partial charge in [-0.15, -0.1) is 0 Å². The van der Waals surface area contributed by atoms with Crippen LogP contribution in [-0.2, 0) is 10.0 Å². The van der Waals surface area contributed by atoms with E-state index in [0.717, 1.165) is 0 Å². The summed E-state index contributed by atoms with van der Waals surface area (Å²) >= 11 is 0. The first-order valence-electron chi connectivity index (χ1n) is 8.39. The largest absolute Gasteiger partial charge is 0.494 e. The van der Waals surface area contributed by atoms with Gasteiger partial charge in [-0.1, -0.05) is 0 Å². The number of benzene rings is 2. The molecule has 8 heteroatoms. The summed E-state index contributed by atoms with van der Waals surface area (Å²) in [5, 5.41) is 0.505. The van der Waals surface area contributed by atoms with Crippen LogP contribution in [0.25, 0.3) is 11.0 Å². The zero-order chi connectivity index (χ0) is 19.4. The molecule has 142 valence electrons. The molecule has 1 N–H and O–H groups in total. The summed E-state index contributed by atoms with van der Waals surface area (Å²) in [5.74, 6) is 0.926. The molecule has 1 aromatic heterocycles. The second-order valence-corrected chi connectivity index (χ2v) is 7.27. The average Bonchev–Trinajstić information content (AvgIpc) is 2.63. The fourth-order valence-corrected chi connectivity index (χ4v) is 3.64. The van der Waals surface area contributed by atoms with Gasteiger partial charge in [-0.2, -0.15) is 0 Å². The number of nitrogens with one attached hydrogen (secondary N) is 1. The van der Waals surface area contributed by atoms with Crippen molar-refractivity contribution in [2.45, 2.75) is 18.7 Å². The van der Waals surface area contributed by atoms with E-state index in [2.05, 4.69) is 4.72 Å². The standard InChI is InChI=1S/C19H19NO6S/c1-3-24-14-6-8-18(25-4-2)16(12-14)20-27(22,23)15-7-9-17-13(11-15)5-10-19(21)26-17/h5-12,20H,3-4H2,1-2H3. The summed E-state index contributed by atoms with van der Waals surface area (Å²) in [7, 11) is -3.89. The molecule has 0 bridgehead atoms. The van der Waals surface area contributed by atoms with Gasteiger partial charge in [-0.25, -0.2) is 13.2 Å². The Bertz CT molecular complexity index is 1120. The van der Waals surface area contributed by atoms with Gasteiger partial charge >= 0.3 is 5.63 Å². The first-order valence-corrected chi connectivity index (χ1v) is 9.87. The number of ether oxygens (including phenoxy) is 2. The summed E-state index contributed by atoms with van der Waals surface area (Å²) in [4.78, 5) is 11.3. The molecule has 3 aromatic rings. The third kappa shape index (κ3) is 4.22. The highest BCUT2D eigenvalue weighted by molar-refractivity contribution is 7.92. The van der Waals surface area contributed by atoms with E-state index >= 15 is 0 Å². The van der Waals surface area contributed by atoms with Gasteiger partial charge in [0.05, 0.1) is 23.8 Å². The van der Waals surface area contributed by atoms with Crippen LogP contribution in [0.1, 0.15) is 13.8 Å². The molecule has 0 aliphatic heterocycles. The first kappa shape index (κ1) is 18.8. The molecule has 0 spiro atoms. The van der Waals surface area contributed by atoms with Crippen LogP contribution in [0.5, 0.6) is 11.5 Å². The lowest BCUT2D eigenvalue weighted by atomic mass is 10.2. The van der Waals surface area contributed by atoms with E-state index in [-0.39, 0.29) is 10.6 Å². The van der Waals surface area contributed by atoms with Crippen LogP contribution in [-0.4, -0.2) is 21.6 Å². The molecule has 1 heterocycles. The van der Waals surface area contributed by atoms with Gasteiger partial charge < -0.3 is 13.9 Å². The SMILES string of the molecule is CCOc1ccc(OCC)c(NS(=O)(=O)c2ccc3oc(=O)ccc3c2)c1. The van der Waals surface area contributed by atoms with Crippen LogP contribution in [0.3, 0.4) is 0 Å². The molecule has 0 saturated carbocycles. The maximum atomic E-state index is 12.8. The van der Waals surface area contributed by atoms with E-state index in [1.54, 1.807) is 18.2 Å². The summed E-state index contributed by atoms with van der Waals surface area (Å²) < 4.78 is 44.2. The molecular formula is C19H19NO6S. The lowest BCUT2D eigenvalue weighted by molar-refractivity contribution is 0.332. The third-order valence-electron chi connectivity index (χ3n) is 3.71. The van der Waals surface area contributed by atoms with Gasteiger partial charge in [0.15, 0.2) is 0 Å². The van der Waals surface area contributed by atoms with E-state index in [4.69, 9.17) is 13.9 Å². The molecule has 3 rings (SSSR count). The van der Waals surface area contributed by atoms with Crippen LogP contribution < -0.4 is 19.8 Å². The Morgan fingerprint density at radius 3 is 2.48 bits per heavy atom. The van der Waals surface area contributed by atoms with Gasteiger partial charge in [0.1, 0.15) is 17.1 Å². The van der Waals surface area contributed by atoms with Crippen molar-refractivity contribution in [1.82, 2.24) is 0 Å². The second-order valence-electron chi connectivity index (χ2n) is 5.58. The highest BCUT2D eigenvalue weighted by Gasteiger charge is 2.18. The first-order chi connectivity index (χ1) is 12.9. The minimum Gasteiger partial charge on any atom is -0.494 e. The summed E-state index contributed by atoms with van der Waals surface area (Å²) in [6.07, 6.45) is 0. The Hall–Kier alpha value is -3.00. The summed E-state index contributed by atoms with van der Waals surface area (Å²) in [6.45, 7) is 4.49. The lowest BCUT2D eigenvalue weighted by Gasteiger charge is -2.15. The Labute approximate surface area is 156 Å². The number of anilines is 1. The predicted octanol–water partition coefficient (Wildman–Crippen LogP) is 3.39. The van der Waals surface area contributed by atoms with Crippen LogP contribution >= 0.6 is 0 Å². The quantitative estimate of drug-likeness (QED) is 0.623. The van der Waals surface area contributed by atoms with Crippen molar-refractivity contribution < 1.29 is 22.3 Å². The third-order valence-corrected chi connectivity index (χ3v) is 5.07. The van der Waals surface area contributed by atoms with E-state index in [9.17, 15) is 13.2 Å². The van der Waals surface area contributed by atoms with Crippen molar-refractivity contribution in [3.05, 3.63) is 59.0 Å². The molecule has 0 fully saturated rings. The summed E-state index contributed by atoms with van der Waals surface area (Å²) in [5.41, 5.74) is 0.0996. The average molecular weight is 389 g/mol. The fraction of sp³-hybridized carbons (Fsp3) is 0.211. The monoisotopic (exact) mass is 389 g/mol. The van der Waals surface area contributed by atoms with Gasteiger partial charge in [-0.05, 0) is 50.2 Å². The van der Waals surface area contributed by atoms with Crippen molar-refractivity contribution >= 4 is 26.7 Å². The van der Waals surface area contributed by atoms with Gasteiger partial charge in [0.2, 0.25) is 0 Å². The number of hydrogen-bond acceptors (Lipinski definition) is 6. The van der Waals surface area contributed by atoms with E-state index in [1.807, 2.05) is 13.8 Å². The Balaban J connectivity index is 1.99. The zero-order valence-electron chi connectivity index (χ0n) is 14.9. The van der Waals surface area contributed by atoms with Crippen LogP contribution in [0.4, 0.5) is 5.69 Å². The van der Waals surface area contributed by atoms with Crippen molar-refractivity contribution in [2.75, 3.05) is 17.9 Å². The van der Waals surface area contributed by atoms with Crippen LogP contribution in [0.15, 0.2) is 62.6 Å². The Kier molecular flexibility index (Phi) is 5.36. The van der Waals surface area contributed by atoms with E-state index < -0.39 is 15.6 Å². The second kappa shape index (κ2) is 7.71. The van der Waals surface area contributed by atoms with Crippen LogP contribution in [0.2, 0.25) is 0 Å². The maximum Gasteiger partial charge on any atom is 0.336 e. The highest BCUT2D eigenvalue weighted by Crippen LogP contribution is 2.31. The molecular weight excluding hydrogens is 370 g/mol. The van der Waals surface area contributed by atoms with Gasteiger partial charge in [0, 0.05) is 17.5 Å². The number of fused-ring (bicyclic) bond motifs is 1. The molecule has 27 heavy (non-hydrogen) atoms. The molecule has 0 aliphatic carbocycles. The van der Waals surface area contributed by atoms with Crippen LogP contribution in [0, 0.1) is 0 Å². The Morgan fingerprint density at radius 2 is 1.74 bits per heavy atom. The molecule has 0 unspecified atom stereocenters. The molecule has 0 aliphatic rings. The molecule has 0 radical (unpaired) electrons. The fourth-order valence-electron chi connectivity index (χ4n) is 2.55. The minimum atomic E-state index is -3.89. The molecule has 0 amide bonds. The number of sulfonamides is 1. The van der Waals surface area contributed by atoms with E-state index in [0.29, 0.717) is 35.7 Å². The van der Waals surface area contributed by atoms with E-state index in [1.165, 1.54) is 30.3 Å². The highest BCUT2D eigenvalue weighted by atomic mass is 32.2. The van der Waals surface area contributed by atoms with Crippen molar-refractivity contribution in [2.24, 2.45) is 0 Å². The molecule has 2 aromatic carbocycles. The zero-order valence-corrected chi connectivity index (χ0v) is 15.7. The maximum absolute atomic E-state index is 12.8. The van der Waals surface area contributed by atoms with Crippen molar-refractivity contribution in [3.8, 4) is 11.5 Å². The number of hydrogen-bond donors (Lipinski definition) is 1. The molecule has 0 atom stereocenters. The Morgan fingerprint density at radius 1 is 0.963 bits per heavy atom. The van der Waals surface area contributed by atoms with Crippen molar-refractivity contribution in [3.63, 3.8) is 0 Å². The summed E-state index contributed by atoms with van der Waals surface area (Å²) in [6, 6.07) is 12.0. The van der Waals surface area contributed by atoms with Gasteiger partial charge in [0.25, 0.3) is 10.0 Å². The minimum absolute atomic E-state index is 0.0353. The smallest absolute Gasteiger partial charge is 0.336 e. The predicted molar refractivity (Wildman–Crippen MR) is 102 cm³/mol. The van der Waals surface area contributed by atoms with Gasteiger partial charge in [-0.3, -0.25) is 4.72 Å². The lowest BCUT2D eigenvalue weighted by Crippen LogP contribution is -2.14. The topological polar surface area (TPSA) is 94.8 Å². The number of rotatable bonds is 7. The normalized spacial score (nSPS) is 11.3.